The Bertz CT molecular complexity index is 528. The van der Waals surface area contributed by atoms with Crippen molar-refractivity contribution in [3.63, 3.8) is 0 Å². The summed E-state index contributed by atoms with van der Waals surface area (Å²) < 4.78 is 5.43. The quantitative estimate of drug-likeness (QED) is 0.864. The van der Waals surface area contributed by atoms with Crippen molar-refractivity contribution in [3.8, 4) is 0 Å². The molecule has 2 aromatic heterocycles. The highest BCUT2D eigenvalue weighted by atomic mass is 35.5. The van der Waals surface area contributed by atoms with Gasteiger partial charge in [-0.2, -0.15) is 0 Å². The lowest BCUT2D eigenvalue weighted by atomic mass is 9.94. The van der Waals surface area contributed by atoms with E-state index in [0.29, 0.717) is 11.1 Å². The molecular formula is C14H16ClN3O. The normalized spacial score (nSPS) is 20.6. The van der Waals surface area contributed by atoms with E-state index in [1.54, 1.807) is 12.4 Å². The fourth-order valence-electron chi connectivity index (χ4n) is 2.64. The van der Waals surface area contributed by atoms with E-state index in [0.717, 1.165) is 31.1 Å². The molecule has 1 aliphatic rings. The Kier molecular flexibility index (Phi) is 3.80. The Morgan fingerprint density at radius 2 is 2.32 bits per heavy atom. The summed E-state index contributed by atoms with van der Waals surface area (Å²) in [6.45, 7) is 2.92. The molecule has 3 rings (SSSR count). The second kappa shape index (κ2) is 5.72. The molecular weight excluding hydrogens is 262 g/mol. The van der Waals surface area contributed by atoms with Gasteiger partial charge in [0, 0.05) is 24.4 Å². The predicted molar refractivity (Wildman–Crippen MR) is 73.0 cm³/mol. The monoisotopic (exact) mass is 277 g/mol. The van der Waals surface area contributed by atoms with Gasteiger partial charge in [0.25, 0.3) is 0 Å². The third-order valence-corrected chi connectivity index (χ3v) is 3.74. The van der Waals surface area contributed by atoms with Crippen molar-refractivity contribution in [2.24, 2.45) is 0 Å². The van der Waals surface area contributed by atoms with Crippen LogP contribution in [0.5, 0.6) is 0 Å². The second-order valence-electron chi connectivity index (χ2n) is 4.91. The maximum absolute atomic E-state index is 5.80. The van der Waals surface area contributed by atoms with Crippen LogP contribution in [0.15, 0.2) is 35.1 Å². The first-order valence-electron chi connectivity index (χ1n) is 6.54. The van der Waals surface area contributed by atoms with Gasteiger partial charge in [-0.1, -0.05) is 0 Å². The minimum Gasteiger partial charge on any atom is -0.448 e. The molecule has 0 amide bonds. The van der Waals surface area contributed by atoms with Crippen molar-refractivity contribution in [1.82, 2.24) is 14.9 Å². The molecule has 1 saturated heterocycles. The Labute approximate surface area is 117 Å². The summed E-state index contributed by atoms with van der Waals surface area (Å²) >= 11 is 5.80. The number of halogens is 1. The van der Waals surface area contributed by atoms with Crippen LogP contribution in [0.3, 0.4) is 0 Å². The molecule has 0 aromatic carbocycles. The number of aromatic nitrogens is 2. The van der Waals surface area contributed by atoms with E-state index in [2.05, 4.69) is 14.9 Å². The SMILES string of the molecule is Clc1ccc(CN2CCC[C@H](c3ccncn3)C2)o1. The highest BCUT2D eigenvalue weighted by Crippen LogP contribution is 2.26. The first-order valence-corrected chi connectivity index (χ1v) is 6.91. The maximum Gasteiger partial charge on any atom is 0.193 e. The van der Waals surface area contributed by atoms with Gasteiger partial charge in [0.15, 0.2) is 5.22 Å². The number of hydrogen-bond donors (Lipinski definition) is 0. The lowest BCUT2D eigenvalue weighted by Crippen LogP contribution is -2.34. The molecule has 2 aromatic rings. The molecule has 0 unspecified atom stereocenters. The van der Waals surface area contributed by atoms with Gasteiger partial charge in [-0.3, -0.25) is 4.90 Å². The summed E-state index contributed by atoms with van der Waals surface area (Å²) in [7, 11) is 0. The van der Waals surface area contributed by atoms with Crippen molar-refractivity contribution in [3.05, 3.63) is 47.4 Å². The highest BCUT2D eigenvalue weighted by molar-refractivity contribution is 6.28. The Balaban J connectivity index is 1.65. The van der Waals surface area contributed by atoms with E-state index in [-0.39, 0.29) is 0 Å². The van der Waals surface area contributed by atoms with Gasteiger partial charge < -0.3 is 4.42 Å². The zero-order valence-electron chi connectivity index (χ0n) is 10.6. The second-order valence-corrected chi connectivity index (χ2v) is 5.29. The van der Waals surface area contributed by atoms with Crippen molar-refractivity contribution in [1.29, 1.82) is 0 Å². The first-order chi connectivity index (χ1) is 9.31. The molecule has 0 saturated carbocycles. The van der Waals surface area contributed by atoms with Crippen LogP contribution in [0.1, 0.15) is 30.2 Å². The predicted octanol–water partition coefficient (Wildman–Crippen LogP) is 3.10. The number of hydrogen-bond acceptors (Lipinski definition) is 4. The Hall–Kier alpha value is -1.39. The zero-order chi connectivity index (χ0) is 13.1. The topological polar surface area (TPSA) is 42.2 Å². The zero-order valence-corrected chi connectivity index (χ0v) is 11.4. The van der Waals surface area contributed by atoms with Gasteiger partial charge in [0.1, 0.15) is 12.1 Å². The number of furan rings is 1. The van der Waals surface area contributed by atoms with E-state index >= 15 is 0 Å². The van der Waals surface area contributed by atoms with Crippen LogP contribution in [-0.4, -0.2) is 28.0 Å². The van der Waals surface area contributed by atoms with Crippen LogP contribution in [0.25, 0.3) is 0 Å². The first kappa shape index (κ1) is 12.6. The highest BCUT2D eigenvalue weighted by Gasteiger charge is 2.22. The summed E-state index contributed by atoms with van der Waals surface area (Å²) in [5.41, 5.74) is 1.14. The minimum atomic E-state index is 0.458. The summed E-state index contributed by atoms with van der Waals surface area (Å²) in [5, 5.41) is 0.458. The average molecular weight is 278 g/mol. The van der Waals surface area contributed by atoms with Crippen LogP contribution in [0.4, 0.5) is 0 Å². The third kappa shape index (κ3) is 3.14. The van der Waals surface area contributed by atoms with E-state index < -0.39 is 0 Å². The molecule has 0 aliphatic carbocycles. The Morgan fingerprint density at radius 1 is 1.37 bits per heavy atom. The van der Waals surface area contributed by atoms with Crippen LogP contribution in [-0.2, 0) is 6.54 Å². The van der Waals surface area contributed by atoms with E-state index in [9.17, 15) is 0 Å². The van der Waals surface area contributed by atoms with Crippen LogP contribution in [0, 0.1) is 0 Å². The maximum atomic E-state index is 5.80. The van der Waals surface area contributed by atoms with Gasteiger partial charge in [-0.25, -0.2) is 9.97 Å². The number of piperidine rings is 1. The molecule has 3 heterocycles. The molecule has 0 spiro atoms. The van der Waals surface area contributed by atoms with Gasteiger partial charge in [0.05, 0.1) is 6.54 Å². The van der Waals surface area contributed by atoms with Crippen LogP contribution >= 0.6 is 11.6 Å². The molecule has 1 aliphatic heterocycles. The lowest BCUT2D eigenvalue weighted by molar-refractivity contribution is 0.185. The van der Waals surface area contributed by atoms with Gasteiger partial charge >= 0.3 is 0 Å². The van der Waals surface area contributed by atoms with E-state index in [1.807, 2.05) is 18.3 Å². The summed E-state index contributed by atoms with van der Waals surface area (Å²) in [4.78, 5) is 10.7. The fourth-order valence-corrected chi connectivity index (χ4v) is 2.80. The molecule has 0 bridgehead atoms. The Morgan fingerprint density at radius 3 is 3.05 bits per heavy atom. The largest absolute Gasteiger partial charge is 0.448 e. The van der Waals surface area contributed by atoms with Crippen molar-refractivity contribution >= 4 is 11.6 Å². The van der Waals surface area contributed by atoms with E-state index in [4.69, 9.17) is 16.0 Å². The molecule has 0 radical (unpaired) electrons. The summed E-state index contributed by atoms with van der Waals surface area (Å²) in [6, 6.07) is 5.75. The van der Waals surface area contributed by atoms with Gasteiger partial charge in [-0.15, -0.1) is 0 Å². The lowest BCUT2D eigenvalue weighted by Gasteiger charge is -2.31. The molecule has 5 heteroatoms. The van der Waals surface area contributed by atoms with Crippen LogP contribution in [0.2, 0.25) is 5.22 Å². The summed E-state index contributed by atoms with van der Waals surface area (Å²) in [5.74, 6) is 1.41. The molecule has 1 fully saturated rings. The smallest absolute Gasteiger partial charge is 0.193 e. The van der Waals surface area contributed by atoms with Gasteiger partial charge in [-0.05, 0) is 49.2 Å². The van der Waals surface area contributed by atoms with Crippen molar-refractivity contribution < 1.29 is 4.42 Å². The van der Waals surface area contributed by atoms with Crippen molar-refractivity contribution in [2.45, 2.75) is 25.3 Å². The minimum absolute atomic E-state index is 0.458. The van der Waals surface area contributed by atoms with E-state index in [1.165, 1.54) is 12.8 Å². The average Bonchev–Trinajstić information content (AvgIpc) is 2.85. The van der Waals surface area contributed by atoms with Crippen LogP contribution < -0.4 is 0 Å². The molecule has 0 N–H and O–H groups in total. The number of rotatable bonds is 3. The third-order valence-electron chi connectivity index (χ3n) is 3.54. The van der Waals surface area contributed by atoms with Gasteiger partial charge in [0.2, 0.25) is 0 Å². The molecule has 19 heavy (non-hydrogen) atoms. The standard InChI is InChI=1S/C14H16ClN3O/c15-14-4-3-12(19-14)9-18-7-1-2-11(8-18)13-5-6-16-10-17-13/h3-6,10-11H,1-2,7-9H2/t11-/m0/s1. The molecule has 100 valence electrons. The number of likely N-dealkylation sites (tertiary alicyclic amines) is 1. The number of nitrogens with zero attached hydrogens (tertiary/aromatic N) is 3. The molecule has 4 nitrogen and oxygen atoms in total. The fraction of sp³-hybridized carbons (Fsp3) is 0.429. The van der Waals surface area contributed by atoms with Crippen molar-refractivity contribution in [2.75, 3.05) is 13.1 Å². The molecule has 1 atom stereocenters. The summed E-state index contributed by atoms with van der Waals surface area (Å²) in [6.07, 6.45) is 5.81.